The van der Waals surface area contributed by atoms with Crippen LogP contribution in [-0.4, -0.2) is 57.1 Å². The molecule has 0 aliphatic carbocycles. The maximum absolute atomic E-state index is 13.5. The highest BCUT2D eigenvalue weighted by atomic mass is 19.4. The van der Waals surface area contributed by atoms with Crippen LogP contribution >= 0.6 is 0 Å². The second-order valence-corrected chi connectivity index (χ2v) is 17.6. The van der Waals surface area contributed by atoms with E-state index in [1.807, 2.05) is 57.2 Å². The minimum atomic E-state index is -4.69. The van der Waals surface area contributed by atoms with Gasteiger partial charge in [-0.15, -0.1) is 0 Å². The predicted molar refractivity (Wildman–Crippen MR) is 273 cm³/mol. The van der Waals surface area contributed by atoms with Gasteiger partial charge in [-0.05, 0) is 75.1 Å². The molecule has 394 valence electrons. The molecule has 0 saturated heterocycles. The maximum Gasteiger partial charge on any atom is 0.535 e. The standard InChI is InChI=1S/C32H32F3N7O5.C21H24N2O5/c1-19(2)40-29-30(44)42(26(16-39-29)23-12-24(32(33,34)35)14-25(36)13-23)17-27(43)38-15-20-8-10-22(11-9-20)28(37)41-47-31(45)46-18-21-6-4-3-5-7-21;1-21(2,3)27-18(24)13-15-9-11-17(12-10-15)19(22)23-28-20(25)26-14-16-7-5-4-6-8-16/h3-14,16,19H,15,17-18,36H2,1-2H3,(H2,37,41)(H,38,43)(H,39,40);4-12H,13-14H2,1-3H3,(H2,22,23). The van der Waals surface area contributed by atoms with Crippen molar-refractivity contribution in [2.75, 3.05) is 11.1 Å². The zero-order valence-electron chi connectivity index (χ0n) is 41.6. The van der Waals surface area contributed by atoms with E-state index in [-0.39, 0.29) is 72.6 Å². The summed E-state index contributed by atoms with van der Waals surface area (Å²) >= 11 is 0. The van der Waals surface area contributed by atoms with Crippen molar-refractivity contribution in [2.24, 2.45) is 21.8 Å². The predicted octanol–water partition coefficient (Wildman–Crippen LogP) is 8.17. The number of nitrogen functional groups attached to an aromatic ring is 1. The van der Waals surface area contributed by atoms with E-state index in [0.717, 1.165) is 33.4 Å². The van der Waals surface area contributed by atoms with Crippen LogP contribution < -0.4 is 33.4 Å². The van der Waals surface area contributed by atoms with E-state index in [0.29, 0.717) is 16.7 Å². The van der Waals surface area contributed by atoms with Crippen LogP contribution in [-0.2, 0) is 72.4 Å². The number of amides is 1. The van der Waals surface area contributed by atoms with Gasteiger partial charge in [-0.25, -0.2) is 14.6 Å². The molecule has 22 heteroatoms. The molecule has 0 aliphatic heterocycles. The number of halogens is 3. The molecule has 0 spiro atoms. The highest BCUT2D eigenvalue weighted by Gasteiger charge is 2.31. The van der Waals surface area contributed by atoms with Crippen molar-refractivity contribution >= 4 is 47.4 Å². The van der Waals surface area contributed by atoms with Crippen LogP contribution in [0.1, 0.15) is 73.6 Å². The zero-order valence-corrected chi connectivity index (χ0v) is 41.6. The molecule has 75 heavy (non-hydrogen) atoms. The lowest BCUT2D eigenvalue weighted by atomic mass is 10.1. The number of amidine groups is 2. The van der Waals surface area contributed by atoms with Crippen molar-refractivity contribution in [3.05, 3.63) is 183 Å². The van der Waals surface area contributed by atoms with Crippen LogP contribution in [0.2, 0.25) is 0 Å². The Balaban J connectivity index is 0.000000316. The number of oxime groups is 2. The Kier molecular flexibility index (Phi) is 20.0. The van der Waals surface area contributed by atoms with Gasteiger partial charge in [0.1, 0.15) is 25.4 Å². The Bertz CT molecular complexity index is 3020. The van der Waals surface area contributed by atoms with Crippen LogP contribution in [0.25, 0.3) is 11.3 Å². The van der Waals surface area contributed by atoms with Crippen molar-refractivity contribution in [1.82, 2.24) is 14.9 Å². The summed E-state index contributed by atoms with van der Waals surface area (Å²) in [5.41, 5.74) is 19.0. The first-order chi connectivity index (χ1) is 35.5. The fraction of sp³-hybridized carbons (Fsp3) is 0.245. The van der Waals surface area contributed by atoms with Gasteiger partial charge >= 0.3 is 24.5 Å². The molecule has 0 radical (unpaired) electrons. The van der Waals surface area contributed by atoms with Crippen molar-refractivity contribution < 1.29 is 56.2 Å². The molecule has 1 amide bonds. The Hall–Kier alpha value is -9.21. The largest absolute Gasteiger partial charge is 0.535 e. The molecule has 0 unspecified atom stereocenters. The summed E-state index contributed by atoms with van der Waals surface area (Å²) in [4.78, 5) is 75.0. The summed E-state index contributed by atoms with van der Waals surface area (Å²) < 4.78 is 56.7. The van der Waals surface area contributed by atoms with Gasteiger partial charge in [-0.2, -0.15) is 13.2 Å². The lowest BCUT2D eigenvalue weighted by Crippen LogP contribution is -2.35. The van der Waals surface area contributed by atoms with Gasteiger partial charge in [-0.3, -0.25) is 28.6 Å². The van der Waals surface area contributed by atoms with Crippen LogP contribution in [0.3, 0.4) is 0 Å². The van der Waals surface area contributed by atoms with E-state index in [1.165, 1.54) is 12.3 Å². The number of carbonyl (C=O) groups is 4. The van der Waals surface area contributed by atoms with Crippen LogP contribution in [0.5, 0.6) is 0 Å². The third-order valence-electron chi connectivity index (χ3n) is 9.95. The Morgan fingerprint density at radius 2 is 1.21 bits per heavy atom. The third kappa shape index (κ3) is 19.1. The van der Waals surface area contributed by atoms with Crippen LogP contribution in [0.15, 0.2) is 149 Å². The SMILES string of the molecule is CC(C)(C)OC(=O)Cc1ccc(/C(N)=N\OC(=O)OCc2ccccc2)cc1.CC(C)Nc1ncc(-c2cc(N)cc(C(F)(F)F)c2)n(CC(=O)NCc2ccc(/C(N)=N/OC(=O)OCc3ccccc3)cc2)c1=O. The zero-order chi connectivity index (χ0) is 54.7. The topological polar surface area (TPSA) is 276 Å². The van der Waals surface area contributed by atoms with Crippen LogP contribution in [0, 0.1) is 0 Å². The summed E-state index contributed by atoms with van der Waals surface area (Å²) in [6, 6.07) is 34.2. The summed E-state index contributed by atoms with van der Waals surface area (Å²) in [5, 5.41) is 12.7. The number of anilines is 2. The number of nitrogens with zero attached hydrogens (tertiary/aromatic N) is 4. The molecular formula is C53H56F3N9O10. The smallest absolute Gasteiger partial charge is 0.460 e. The van der Waals surface area contributed by atoms with E-state index < -0.39 is 47.7 Å². The molecule has 0 fully saturated rings. The highest BCUT2D eigenvalue weighted by molar-refractivity contribution is 5.98. The number of ether oxygens (including phenoxy) is 3. The minimum absolute atomic E-state index is 0.00248. The van der Waals surface area contributed by atoms with Gasteiger partial charge in [0.25, 0.3) is 5.56 Å². The molecule has 6 aromatic rings. The second kappa shape index (κ2) is 26.5. The van der Waals surface area contributed by atoms with Gasteiger partial charge in [0.05, 0.1) is 23.9 Å². The molecule has 5 aromatic carbocycles. The van der Waals surface area contributed by atoms with Gasteiger partial charge in [-0.1, -0.05) is 120 Å². The number of esters is 1. The fourth-order valence-corrected chi connectivity index (χ4v) is 6.51. The Morgan fingerprint density at radius 3 is 1.69 bits per heavy atom. The van der Waals surface area contributed by atoms with Crippen molar-refractivity contribution in [1.29, 1.82) is 0 Å². The molecule has 0 saturated carbocycles. The van der Waals surface area contributed by atoms with Gasteiger partial charge in [0.2, 0.25) is 5.91 Å². The molecule has 1 heterocycles. The second-order valence-electron chi connectivity index (χ2n) is 17.6. The monoisotopic (exact) mass is 1040 g/mol. The van der Waals surface area contributed by atoms with Crippen molar-refractivity contribution in [2.45, 2.75) is 85.2 Å². The molecule has 1 aromatic heterocycles. The number of rotatable bonds is 17. The maximum atomic E-state index is 13.5. The Labute approximate surface area is 429 Å². The summed E-state index contributed by atoms with van der Waals surface area (Å²) in [7, 11) is 0. The number of nitrogens with two attached hydrogens (primary N) is 3. The molecule has 0 aliphatic rings. The lowest BCUT2D eigenvalue weighted by molar-refractivity contribution is -0.154. The average Bonchev–Trinajstić information content (AvgIpc) is 3.36. The Morgan fingerprint density at radius 1 is 0.707 bits per heavy atom. The summed E-state index contributed by atoms with van der Waals surface area (Å²) in [6.07, 6.45) is -5.31. The van der Waals surface area contributed by atoms with Gasteiger partial charge in [0.15, 0.2) is 17.5 Å². The number of aromatic nitrogens is 2. The number of nitrogens with one attached hydrogen (secondary N) is 2. The molecular weight excluding hydrogens is 980 g/mol. The molecule has 0 atom stereocenters. The lowest BCUT2D eigenvalue weighted by Gasteiger charge is -2.19. The van der Waals surface area contributed by atoms with Crippen LogP contribution in [0.4, 0.5) is 34.3 Å². The molecule has 0 bridgehead atoms. The van der Waals surface area contributed by atoms with Gasteiger partial charge < -0.3 is 42.0 Å². The molecule has 6 rings (SSSR count). The summed E-state index contributed by atoms with van der Waals surface area (Å²) in [5.74, 6) is -1.06. The van der Waals surface area contributed by atoms with E-state index >= 15 is 0 Å². The summed E-state index contributed by atoms with van der Waals surface area (Å²) in [6.45, 7) is 8.60. The van der Waals surface area contributed by atoms with E-state index in [1.54, 1.807) is 86.6 Å². The van der Waals surface area contributed by atoms with E-state index in [2.05, 4.69) is 30.8 Å². The number of hydrogen-bond donors (Lipinski definition) is 5. The first-order valence-electron chi connectivity index (χ1n) is 23.0. The van der Waals surface area contributed by atoms with Gasteiger partial charge in [0, 0.05) is 35.0 Å². The average molecular weight is 1040 g/mol. The van der Waals surface area contributed by atoms with Crippen molar-refractivity contribution in [3.8, 4) is 11.3 Å². The quantitative estimate of drug-likeness (QED) is 0.0110. The first-order valence-corrected chi connectivity index (χ1v) is 23.0. The fourth-order valence-electron chi connectivity index (χ4n) is 6.51. The first kappa shape index (κ1) is 56.7. The normalized spacial score (nSPS) is 11.6. The number of hydrogen-bond acceptors (Lipinski definition) is 15. The molecule has 19 nitrogen and oxygen atoms in total. The van der Waals surface area contributed by atoms with E-state index in [4.69, 9.17) is 36.2 Å². The minimum Gasteiger partial charge on any atom is -0.460 e. The third-order valence-corrected chi connectivity index (χ3v) is 9.95. The number of alkyl halides is 3. The number of benzene rings is 5. The highest BCUT2D eigenvalue weighted by Crippen LogP contribution is 2.34. The molecule has 8 N–H and O–H groups in total. The van der Waals surface area contributed by atoms with E-state index in [9.17, 15) is 37.1 Å². The van der Waals surface area contributed by atoms with Crippen molar-refractivity contribution in [3.63, 3.8) is 0 Å². The number of carbonyl (C=O) groups excluding carboxylic acids is 4.